The van der Waals surface area contributed by atoms with Crippen molar-refractivity contribution in [2.45, 2.75) is 26.2 Å². The Morgan fingerprint density at radius 3 is 1.29 bits per heavy atom. The Morgan fingerprint density at radius 1 is 0.556 bits per heavy atom. The predicted octanol–water partition coefficient (Wildman–Crippen LogP) is 5.81. The van der Waals surface area contributed by atoms with Crippen molar-refractivity contribution in [3.8, 4) is 34.5 Å². The van der Waals surface area contributed by atoms with Crippen LogP contribution in [0.1, 0.15) is 57.3 Å². The fraction of sp³-hybridized carbons (Fsp3) is 0.382. The summed E-state index contributed by atoms with van der Waals surface area (Å²) in [7, 11) is 8.89. The van der Waals surface area contributed by atoms with Crippen molar-refractivity contribution in [2.75, 3.05) is 55.9 Å². The zero-order valence-electron chi connectivity index (χ0n) is 26.7. The molecule has 11 nitrogen and oxygen atoms in total. The second kappa shape index (κ2) is 16.2. The lowest BCUT2D eigenvalue weighted by Crippen LogP contribution is -2.35. The van der Waals surface area contributed by atoms with E-state index in [0.29, 0.717) is 35.0 Å². The number of benzene rings is 3. The first-order chi connectivity index (χ1) is 21.7. The number of carbonyl (C=O) groups excluding carboxylic acids is 3. The number of Topliss-reactive ketones (excluding diaryl/α,β-unsaturated/α-hetero) is 1. The fourth-order valence-electron chi connectivity index (χ4n) is 4.64. The highest BCUT2D eigenvalue weighted by atomic mass is 16.6. The molecule has 242 valence electrons. The van der Waals surface area contributed by atoms with Gasteiger partial charge in [-0.1, -0.05) is 6.92 Å². The fourth-order valence-corrected chi connectivity index (χ4v) is 4.64. The molecule has 3 rings (SSSR count). The van der Waals surface area contributed by atoms with E-state index in [4.69, 9.17) is 37.9 Å². The number of hydrogen-bond acceptors (Lipinski definition) is 11. The van der Waals surface area contributed by atoms with Gasteiger partial charge in [0.1, 0.15) is 58.8 Å². The summed E-state index contributed by atoms with van der Waals surface area (Å²) in [6.45, 7) is 1.59. The Labute approximate surface area is 263 Å². The second-order valence-electron chi connectivity index (χ2n) is 10.1. The Morgan fingerprint density at radius 2 is 0.933 bits per heavy atom. The van der Waals surface area contributed by atoms with Crippen LogP contribution in [0.15, 0.2) is 54.6 Å². The summed E-state index contributed by atoms with van der Waals surface area (Å²) in [4.78, 5) is 39.8. The molecule has 0 heterocycles. The van der Waals surface area contributed by atoms with E-state index < -0.39 is 17.4 Å². The third-order valence-electron chi connectivity index (χ3n) is 7.62. The van der Waals surface area contributed by atoms with Crippen molar-refractivity contribution < 1.29 is 52.3 Å². The highest BCUT2D eigenvalue weighted by molar-refractivity contribution is 5.99. The Bertz CT molecular complexity index is 1310. The minimum Gasteiger partial charge on any atom is -0.497 e. The zero-order chi connectivity index (χ0) is 33.0. The molecule has 0 spiro atoms. The highest BCUT2D eigenvalue weighted by Gasteiger charge is 2.34. The monoisotopic (exact) mass is 624 g/mol. The van der Waals surface area contributed by atoms with Crippen LogP contribution in [-0.4, -0.2) is 73.6 Å². The van der Waals surface area contributed by atoms with Gasteiger partial charge in [-0.25, -0.2) is 9.59 Å². The lowest BCUT2D eigenvalue weighted by atomic mass is 9.81. The third-order valence-corrected chi connectivity index (χ3v) is 7.62. The topological polar surface area (TPSA) is 125 Å². The van der Waals surface area contributed by atoms with Crippen molar-refractivity contribution in [1.82, 2.24) is 0 Å². The average molecular weight is 625 g/mol. The number of esters is 2. The highest BCUT2D eigenvalue weighted by Crippen LogP contribution is 2.34. The van der Waals surface area contributed by atoms with Crippen molar-refractivity contribution >= 4 is 17.7 Å². The van der Waals surface area contributed by atoms with Crippen LogP contribution in [0.5, 0.6) is 34.5 Å². The van der Waals surface area contributed by atoms with Crippen molar-refractivity contribution in [1.29, 1.82) is 0 Å². The molecule has 0 saturated heterocycles. The van der Waals surface area contributed by atoms with Gasteiger partial charge in [-0.2, -0.15) is 0 Å². The predicted molar refractivity (Wildman–Crippen MR) is 165 cm³/mol. The summed E-state index contributed by atoms with van der Waals surface area (Å²) in [5.41, 5.74) is -0.145. The van der Waals surface area contributed by atoms with E-state index in [1.54, 1.807) is 54.6 Å². The largest absolute Gasteiger partial charge is 0.497 e. The van der Waals surface area contributed by atoms with Gasteiger partial charge in [0, 0.05) is 30.0 Å². The third kappa shape index (κ3) is 8.59. The Kier molecular flexibility index (Phi) is 12.5. The molecule has 0 radical (unpaired) electrons. The first-order valence-corrected chi connectivity index (χ1v) is 14.2. The van der Waals surface area contributed by atoms with Crippen LogP contribution >= 0.6 is 0 Å². The zero-order valence-corrected chi connectivity index (χ0v) is 26.7. The molecule has 0 N–H and O–H groups in total. The molecule has 0 fully saturated rings. The first-order valence-electron chi connectivity index (χ1n) is 14.2. The van der Waals surface area contributed by atoms with E-state index in [2.05, 4.69) is 0 Å². The minimum absolute atomic E-state index is 0.0589. The van der Waals surface area contributed by atoms with Crippen LogP contribution < -0.4 is 28.4 Å². The molecule has 0 bridgehead atoms. The van der Waals surface area contributed by atoms with Gasteiger partial charge in [0.2, 0.25) is 0 Å². The van der Waals surface area contributed by atoms with Crippen LogP contribution in [0.4, 0.5) is 0 Å². The van der Waals surface area contributed by atoms with E-state index in [0.717, 1.165) is 0 Å². The number of rotatable bonds is 17. The maximum absolute atomic E-state index is 13.4. The molecule has 0 aliphatic heterocycles. The SMILES string of the molecule is CCC(CCC(=O)c1ccc(OC)cc1OC)(COC(=O)c1ccc(OC)cc1OC)COC(=O)c1ccc(OC)cc1OC. The number of methoxy groups -OCH3 is 6. The molecule has 0 aliphatic rings. The van der Waals surface area contributed by atoms with Crippen LogP contribution in [0, 0.1) is 5.41 Å². The standard InChI is InChI=1S/C34H40O11/c1-8-34(16-15-28(35)25-12-9-22(38-2)17-29(25)41-5,20-44-32(36)26-13-10-23(39-3)18-30(26)42-6)21-45-33(37)27-14-11-24(40-4)19-31(27)43-7/h9-14,17-19H,8,15-16,20-21H2,1-7H3. The molecular weight excluding hydrogens is 584 g/mol. The van der Waals surface area contributed by atoms with Gasteiger partial charge in [-0.3, -0.25) is 4.79 Å². The van der Waals surface area contributed by atoms with Crippen molar-refractivity contribution in [2.24, 2.45) is 5.41 Å². The van der Waals surface area contributed by atoms with Gasteiger partial charge in [0.15, 0.2) is 5.78 Å². The van der Waals surface area contributed by atoms with Gasteiger partial charge in [0.05, 0.1) is 48.2 Å². The molecule has 3 aromatic rings. The summed E-state index contributed by atoms with van der Waals surface area (Å²) >= 11 is 0. The van der Waals surface area contributed by atoms with Crippen molar-refractivity contribution in [3.05, 3.63) is 71.3 Å². The number of hydrogen-bond donors (Lipinski definition) is 0. The molecule has 45 heavy (non-hydrogen) atoms. The van der Waals surface area contributed by atoms with Gasteiger partial charge < -0.3 is 37.9 Å². The lowest BCUT2D eigenvalue weighted by molar-refractivity contribution is -0.0107. The smallest absolute Gasteiger partial charge is 0.341 e. The van der Waals surface area contributed by atoms with E-state index in [9.17, 15) is 14.4 Å². The van der Waals surface area contributed by atoms with E-state index in [-0.39, 0.29) is 54.5 Å². The second-order valence-corrected chi connectivity index (χ2v) is 10.1. The van der Waals surface area contributed by atoms with Gasteiger partial charge in [-0.15, -0.1) is 0 Å². The maximum atomic E-state index is 13.4. The Hall–Kier alpha value is -4.93. The quantitative estimate of drug-likeness (QED) is 0.133. The van der Waals surface area contributed by atoms with E-state index in [1.807, 2.05) is 6.92 Å². The van der Waals surface area contributed by atoms with Gasteiger partial charge >= 0.3 is 11.9 Å². The van der Waals surface area contributed by atoms with Crippen LogP contribution in [-0.2, 0) is 9.47 Å². The normalized spacial score (nSPS) is 10.8. The minimum atomic E-state index is -0.917. The summed E-state index contributed by atoms with van der Waals surface area (Å²) in [5, 5.41) is 0. The van der Waals surface area contributed by atoms with Crippen LogP contribution in [0.25, 0.3) is 0 Å². The molecule has 0 saturated carbocycles. The molecular formula is C34H40O11. The molecule has 0 unspecified atom stereocenters. The Balaban J connectivity index is 1.87. The van der Waals surface area contributed by atoms with E-state index in [1.165, 1.54) is 42.7 Å². The molecule has 3 aromatic carbocycles. The van der Waals surface area contributed by atoms with Gasteiger partial charge in [-0.05, 0) is 49.2 Å². The number of carbonyl (C=O) groups is 3. The van der Waals surface area contributed by atoms with Crippen LogP contribution in [0.3, 0.4) is 0 Å². The summed E-state index contributed by atoms with van der Waals surface area (Å²) in [6.07, 6.45) is 0.709. The lowest BCUT2D eigenvalue weighted by Gasteiger charge is -2.32. The molecule has 0 amide bonds. The number of ether oxygens (including phenoxy) is 8. The summed E-state index contributed by atoms with van der Waals surface area (Å²) in [6, 6.07) is 14.4. The van der Waals surface area contributed by atoms with Crippen LogP contribution in [0.2, 0.25) is 0 Å². The average Bonchev–Trinajstić information content (AvgIpc) is 3.09. The van der Waals surface area contributed by atoms with Gasteiger partial charge in [0.25, 0.3) is 0 Å². The van der Waals surface area contributed by atoms with Crippen molar-refractivity contribution in [3.63, 3.8) is 0 Å². The summed E-state index contributed by atoms with van der Waals surface area (Å²) < 4.78 is 43.4. The maximum Gasteiger partial charge on any atom is 0.341 e. The summed E-state index contributed by atoms with van der Waals surface area (Å²) in [5.74, 6) is 1.03. The molecule has 11 heteroatoms. The van der Waals surface area contributed by atoms with E-state index >= 15 is 0 Å². The molecule has 0 aromatic heterocycles. The number of ketones is 1. The first kappa shape index (κ1) is 34.6. The molecule has 0 atom stereocenters. The molecule has 0 aliphatic carbocycles.